The van der Waals surface area contributed by atoms with Crippen LogP contribution in [0.4, 0.5) is 8.78 Å². The van der Waals surface area contributed by atoms with Crippen LogP contribution in [0.2, 0.25) is 0 Å². The van der Waals surface area contributed by atoms with E-state index in [1.807, 2.05) is 0 Å². The Hall–Kier alpha value is -0.800. The number of carbonyl (C=O) groups is 1. The zero-order valence-electron chi connectivity index (χ0n) is 6.23. The summed E-state index contributed by atoms with van der Waals surface area (Å²) in [7, 11) is 0. The molecular weight excluding hydrogens is 152 g/mol. The third kappa shape index (κ3) is 1.06. The maximum absolute atomic E-state index is 12.4. The number of Topliss-reactive ketones (excluding diaryl/α,β-unsaturated/α-hetero) is 1. The van der Waals surface area contributed by atoms with Gasteiger partial charge in [-0.2, -0.15) is 0 Å². The van der Waals surface area contributed by atoms with Crippen molar-refractivity contribution in [3.05, 3.63) is 0 Å². The molecule has 0 aromatic rings. The Morgan fingerprint density at radius 2 is 2.45 bits per heavy atom. The molecule has 1 aliphatic rings. The van der Waals surface area contributed by atoms with E-state index in [0.29, 0.717) is 0 Å². The molecule has 11 heavy (non-hydrogen) atoms. The largest absolute Gasteiger partial charge is 0.291 e. The summed E-state index contributed by atoms with van der Waals surface area (Å²) in [6.07, 6.45) is -1.20. The number of nitrogens with one attached hydrogen (secondary N) is 1. The van der Waals surface area contributed by atoms with Crippen molar-refractivity contribution in [2.24, 2.45) is 5.41 Å². The van der Waals surface area contributed by atoms with E-state index in [9.17, 15) is 13.6 Å². The average Bonchev–Trinajstić information content (AvgIpc) is 2.32. The van der Waals surface area contributed by atoms with Crippen LogP contribution in [0.5, 0.6) is 0 Å². The van der Waals surface area contributed by atoms with Gasteiger partial charge in [-0.25, -0.2) is 13.8 Å². The standard InChI is InChI=1S/C7H9F2NO/c1-2-7(6(8)9)4-10-3-5(7)11/h4,6H,2-3H2,1H3/p+1. The van der Waals surface area contributed by atoms with Crippen LogP contribution in [0.15, 0.2) is 0 Å². The summed E-state index contributed by atoms with van der Waals surface area (Å²) in [5.74, 6) is -0.407. The zero-order chi connectivity index (χ0) is 8.48. The summed E-state index contributed by atoms with van der Waals surface area (Å²) in [5.41, 5.74) is -1.51. The van der Waals surface area contributed by atoms with Crippen LogP contribution in [0, 0.1) is 5.41 Å². The highest BCUT2D eigenvalue weighted by atomic mass is 19.3. The lowest BCUT2D eigenvalue weighted by Crippen LogP contribution is -2.66. The first-order valence-corrected chi connectivity index (χ1v) is 3.52. The van der Waals surface area contributed by atoms with E-state index >= 15 is 0 Å². The van der Waals surface area contributed by atoms with E-state index in [1.54, 1.807) is 6.92 Å². The van der Waals surface area contributed by atoms with Crippen molar-refractivity contribution in [3.63, 3.8) is 0 Å². The Labute approximate surface area is 63.3 Å². The van der Waals surface area contributed by atoms with Crippen molar-refractivity contribution in [1.29, 1.82) is 0 Å². The van der Waals surface area contributed by atoms with Crippen LogP contribution in [-0.4, -0.2) is 25.0 Å². The molecule has 1 heterocycles. The van der Waals surface area contributed by atoms with Crippen LogP contribution in [0.1, 0.15) is 13.3 Å². The molecule has 1 aliphatic heterocycles. The summed E-state index contributed by atoms with van der Waals surface area (Å²) in [6, 6.07) is 0. The number of ketones is 1. The fourth-order valence-electron chi connectivity index (χ4n) is 1.21. The van der Waals surface area contributed by atoms with E-state index in [-0.39, 0.29) is 13.0 Å². The van der Waals surface area contributed by atoms with E-state index in [4.69, 9.17) is 0 Å². The molecule has 0 aromatic heterocycles. The lowest BCUT2D eigenvalue weighted by atomic mass is 9.84. The monoisotopic (exact) mass is 162 g/mol. The lowest BCUT2D eigenvalue weighted by Gasteiger charge is -2.16. The molecule has 1 unspecified atom stereocenters. The normalized spacial score (nSPS) is 30.4. The number of rotatable bonds is 2. The highest BCUT2D eigenvalue weighted by Crippen LogP contribution is 2.28. The van der Waals surface area contributed by atoms with Gasteiger partial charge in [-0.1, -0.05) is 6.92 Å². The molecule has 0 bridgehead atoms. The Morgan fingerprint density at radius 3 is 2.64 bits per heavy atom. The third-order valence-electron chi connectivity index (χ3n) is 2.12. The van der Waals surface area contributed by atoms with Gasteiger partial charge < -0.3 is 0 Å². The van der Waals surface area contributed by atoms with Crippen molar-refractivity contribution >= 4 is 12.0 Å². The Balaban J connectivity index is 2.91. The fraction of sp³-hybridized carbons (Fsp3) is 0.714. The molecule has 0 aromatic carbocycles. The van der Waals surface area contributed by atoms with Gasteiger partial charge in [0.1, 0.15) is 0 Å². The highest BCUT2D eigenvalue weighted by Gasteiger charge is 2.50. The van der Waals surface area contributed by atoms with Crippen molar-refractivity contribution in [1.82, 2.24) is 0 Å². The van der Waals surface area contributed by atoms with Crippen LogP contribution in [0.3, 0.4) is 0 Å². The number of carbonyl (C=O) groups excluding carboxylic acids is 1. The van der Waals surface area contributed by atoms with Gasteiger partial charge in [0.05, 0.1) is 0 Å². The molecule has 0 aliphatic carbocycles. The molecule has 0 amide bonds. The lowest BCUT2D eigenvalue weighted by molar-refractivity contribution is -0.432. The maximum atomic E-state index is 12.4. The van der Waals surface area contributed by atoms with Crippen molar-refractivity contribution in [2.45, 2.75) is 19.8 Å². The summed E-state index contributed by atoms with van der Waals surface area (Å²) < 4.78 is 24.7. The van der Waals surface area contributed by atoms with Gasteiger partial charge in [0, 0.05) is 0 Å². The minimum absolute atomic E-state index is 0.0399. The predicted molar refractivity (Wildman–Crippen MR) is 35.6 cm³/mol. The average molecular weight is 162 g/mol. The number of alkyl halides is 2. The predicted octanol–water partition coefficient (Wildman–Crippen LogP) is -0.618. The smallest absolute Gasteiger partial charge is 0.260 e. The second kappa shape index (κ2) is 2.68. The quantitative estimate of drug-likeness (QED) is 0.576. The molecule has 1 N–H and O–H groups in total. The number of hydrogen-bond acceptors (Lipinski definition) is 1. The number of halogens is 2. The van der Waals surface area contributed by atoms with E-state index in [2.05, 4.69) is 4.99 Å². The molecule has 0 saturated carbocycles. The second-order valence-electron chi connectivity index (χ2n) is 2.64. The molecular formula is C7H10F2NO+. The first-order valence-electron chi connectivity index (χ1n) is 3.52. The van der Waals surface area contributed by atoms with Gasteiger partial charge in [-0.3, -0.25) is 4.79 Å². The molecule has 0 fully saturated rings. The van der Waals surface area contributed by atoms with E-state index < -0.39 is 17.6 Å². The van der Waals surface area contributed by atoms with Gasteiger partial charge >= 0.3 is 0 Å². The first kappa shape index (κ1) is 8.30. The second-order valence-corrected chi connectivity index (χ2v) is 2.64. The van der Waals surface area contributed by atoms with Crippen molar-refractivity contribution < 1.29 is 18.6 Å². The van der Waals surface area contributed by atoms with Gasteiger partial charge in [0.25, 0.3) is 6.43 Å². The van der Waals surface area contributed by atoms with Crippen molar-refractivity contribution in [3.8, 4) is 0 Å². The van der Waals surface area contributed by atoms with Crippen LogP contribution in [0.25, 0.3) is 0 Å². The van der Waals surface area contributed by atoms with Crippen LogP contribution < -0.4 is 4.99 Å². The Kier molecular flexibility index (Phi) is 2.02. The molecule has 0 radical (unpaired) electrons. The van der Waals surface area contributed by atoms with E-state index in [1.165, 1.54) is 6.21 Å². The Morgan fingerprint density at radius 1 is 1.82 bits per heavy atom. The molecule has 0 spiro atoms. The minimum atomic E-state index is -2.59. The van der Waals surface area contributed by atoms with Gasteiger partial charge in [-0.15, -0.1) is 0 Å². The molecule has 0 saturated heterocycles. The fourth-order valence-corrected chi connectivity index (χ4v) is 1.21. The number of hydrogen-bond donors (Lipinski definition) is 1. The minimum Gasteiger partial charge on any atom is -0.291 e. The summed E-state index contributed by atoms with van der Waals surface area (Å²) >= 11 is 0. The van der Waals surface area contributed by atoms with Crippen LogP contribution >= 0.6 is 0 Å². The molecule has 4 heteroatoms. The van der Waals surface area contributed by atoms with Crippen molar-refractivity contribution in [2.75, 3.05) is 6.54 Å². The zero-order valence-corrected chi connectivity index (χ0v) is 6.23. The van der Waals surface area contributed by atoms with Crippen LogP contribution in [-0.2, 0) is 4.79 Å². The maximum Gasteiger partial charge on any atom is 0.260 e. The Bertz CT molecular complexity index is 203. The molecule has 2 nitrogen and oxygen atoms in total. The SMILES string of the molecule is CCC1(C(F)F)C=[NH+]CC1=O. The molecule has 1 atom stereocenters. The molecule has 1 rings (SSSR count). The summed E-state index contributed by atoms with van der Waals surface area (Å²) in [6.45, 7) is 1.63. The summed E-state index contributed by atoms with van der Waals surface area (Å²) in [4.78, 5) is 13.5. The van der Waals surface area contributed by atoms with Gasteiger partial charge in [-0.05, 0) is 6.42 Å². The van der Waals surface area contributed by atoms with Gasteiger partial charge in [0.2, 0.25) is 5.78 Å². The van der Waals surface area contributed by atoms with Gasteiger partial charge in [0.15, 0.2) is 18.2 Å². The molecule has 62 valence electrons. The first-order chi connectivity index (χ1) is 5.13. The summed E-state index contributed by atoms with van der Waals surface area (Å²) in [5, 5.41) is 0. The van der Waals surface area contributed by atoms with E-state index in [0.717, 1.165) is 0 Å². The third-order valence-corrected chi connectivity index (χ3v) is 2.12. The topological polar surface area (TPSA) is 31.0 Å². The highest BCUT2D eigenvalue weighted by molar-refractivity contribution is 6.01.